The van der Waals surface area contributed by atoms with E-state index >= 15 is 0 Å². The Kier molecular flexibility index (Phi) is 5.11. The van der Waals surface area contributed by atoms with Crippen LogP contribution >= 0.6 is 15.9 Å². The van der Waals surface area contributed by atoms with Crippen LogP contribution in [0, 0.1) is 11.6 Å². The van der Waals surface area contributed by atoms with E-state index in [0.29, 0.717) is 12.0 Å². The van der Waals surface area contributed by atoms with Crippen molar-refractivity contribution >= 4 is 15.9 Å². The van der Waals surface area contributed by atoms with Gasteiger partial charge in [-0.3, -0.25) is 4.68 Å². The van der Waals surface area contributed by atoms with Crippen LogP contribution in [0.25, 0.3) is 0 Å². The van der Waals surface area contributed by atoms with Crippen molar-refractivity contribution in [3.05, 3.63) is 51.8 Å². The van der Waals surface area contributed by atoms with E-state index in [1.54, 1.807) is 6.20 Å². The lowest BCUT2D eigenvalue weighted by atomic mass is 10.0. The van der Waals surface area contributed by atoms with E-state index in [4.69, 9.17) is 0 Å². The number of halogens is 3. The van der Waals surface area contributed by atoms with Crippen molar-refractivity contribution in [1.29, 1.82) is 0 Å². The Morgan fingerprint density at radius 1 is 1.33 bits per heavy atom. The molecule has 2 aromatic rings. The fraction of sp³-hybridized carbons (Fsp3) is 0.400. The summed E-state index contributed by atoms with van der Waals surface area (Å²) >= 11 is 3.49. The lowest BCUT2D eigenvalue weighted by Crippen LogP contribution is -2.24. The summed E-state index contributed by atoms with van der Waals surface area (Å²) in [6.07, 6.45) is 2.15. The summed E-state index contributed by atoms with van der Waals surface area (Å²) in [4.78, 5) is 0. The highest BCUT2D eigenvalue weighted by Gasteiger charge is 2.21. The third kappa shape index (κ3) is 3.49. The molecule has 0 aliphatic carbocycles. The van der Waals surface area contributed by atoms with Crippen LogP contribution in [0.2, 0.25) is 0 Å². The molecule has 3 nitrogen and oxygen atoms in total. The molecule has 21 heavy (non-hydrogen) atoms. The molecule has 0 amide bonds. The van der Waals surface area contributed by atoms with Crippen LogP contribution in [-0.4, -0.2) is 16.8 Å². The Bertz CT molecular complexity index is 625. The molecule has 0 saturated heterocycles. The predicted octanol–water partition coefficient (Wildman–Crippen LogP) is 4.01. The van der Waals surface area contributed by atoms with Crippen LogP contribution in [0.3, 0.4) is 0 Å². The van der Waals surface area contributed by atoms with Gasteiger partial charge in [-0.05, 0) is 54.9 Å². The van der Waals surface area contributed by atoms with Gasteiger partial charge >= 0.3 is 0 Å². The minimum Gasteiger partial charge on any atom is -0.311 e. The van der Waals surface area contributed by atoms with Gasteiger partial charge in [-0.15, -0.1) is 0 Å². The number of hydrogen-bond acceptors (Lipinski definition) is 2. The van der Waals surface area contributed by atoms with Crippen LogP contribution in [0.5, 0.6) is 0 Å². The van der Waals surface area contributed by atoms with Gasteiger partial charge in [0.15, 0.2) is 0 Å². The summed E-state index contributed by atoms with van der Waals surface area (Å²) in [5.41, 5.74) is 1.43. The highest BCUT2D eigenvalue weighted by Crippen LogP contribution is 2.28. The molecule has 1 unspecified atom stereocenters. The average molecular weight is 358 g/mol. The molecule has 1 N–H and O–H groups in total. The first-order valence-electron chi connectivity index (χ1n) is 6.78. The Morgan fingerprint density at radius 2 is 2.05 bits per heavy atom. The molecule has 0 aliphatic rings. The average Bonchev–Trinajstić information content (AvgIpc) is 2.80. The zero-order valence-electron chi connectivity index (χ0n) is 12.2. The maximum atomic E-state index is 13.8. The minimum atomic E-state index is -0.564. The molecule has 114 valence electrons. The molecular weight excluding hydrogens is 340 g/mol. The first-order chi connectivity index (χ1) is 9.93. The topological polar surface area (TPSA) is 29.9 Å². The molecule has 1 heterocycles. The maximum absolute atomic E-state index is 13.8. The minimum absolute atomic E-state index is 0.121. The zero-order valence-corrected chi connectivity index (χ0v) is 13.8. The molecule has 1 atom stereocenters. The van der Waals surface area contributed by atoms with Gasteiger partial charge in [-0.2, -0.15) is 5.10 Å². The van der Waals surface area contributed by atoms with Gasteiger partial charge in [0.2, 0.25) is 0 Å². The van der Waals surface area contributed by atoms with Crippen LogP contribution in [-0.2, 0) is 6.42 Å². The van der Waals surface area contributed by atoms with Gasteiger partial charge in [-0.25, -0.2) is 8.78 Å². The Morgan fingerprint density at radius 3 is 2.62 bits per heavy atom. The summed E-state index contributed by atoms with van der Waals surface area (Å²) < 4.78 is 29.6. The second-order valence-corrected chi connectivity index (χ2v) is 6.05. The van der Waals surface area contributed by atoms with Gasteiger partial charge < -0.3 is 5.32 Å². The smallest absolute Gasteiger partial charge is 0.129 e. The summed E-state index contributed by atoms with van der Waals surface area (Å²) in [5, 5.41) is 7.52. The lowest BCUT2D eigenvalue weighted by Gasteiger charge is -2.21. The van der Waals surface area contributed by atoms with Crippen LogP contribution < -0.4 is 5.32 Å². The molecule has 0 saturated carbocycles. The summed E-state index contributed by atoms with van der Waals surface area (Å²) in [6, 6.07) is 3.75. The van der Waals surface area contributed by atoms with Gasteiger partial charge in [0.25, 0.3) is 0 Å². The van der Waals surface area contributed by atoms with E-state index in [0.717, 1.165) is 16.2 Å². The summed E-state index contributed by atoms with van der Waals surface area (Å²) in [5.74, 6) is -1.09. The largest absolute Gasteiger partial charge is 0.311 e. The van der Waals surface area contributed by atoms with Crippen molar-refractivity contribution in [3.63, 3.8) is 0 Å². The number of benzene rings is 1. The van der Waals surface area contributed by atoms with Crippen molar-refractivity contribution in [2.75, 3.05) is 7.05 Å². The van der Waals surface area contributed by atoms with Crippen molar-refractivity contribution in [3.8, 4) is 0 Å². The maximum Gasteiger partial charge on any atom is 0.129 e. The highest BCUT2D eigenvalue weighted by atomic mass is 79.9. The van der Waals surface area contributed by atoms with Crippen LogP contribution in [0.15, 0.2) is 28.9 Å². The first kappa shape index (κ1) is 16.1. The number of rotatable bonds is 5. The standard InChI is InChI=1S/C15H18BrF2N3/c1-9(2)21-15(12(16)8-20-21)14(19-3)6-10-4-5-11(17)7-13(10)18/h4-5,7-9,14,19H,6H2,1-3H3. The second kappa shape index (κ2) is 6.66. The Labute approximate surface area is 131 Å². The Hall–Kier alpha value is -1.27. The zero-order chi connectivity index (χ0) is 15.6. The first-order valence-corrected chi connectivity index (χ1v) is 7.57. The second-order valence-electron chi connectivity index (χ2n) is 5.20. The molecule has 0 fully saturated rings. The number of aromatic nitrogens is 2. The number of nitrogens with zero attached hydrogens (tertiary/aromatic N) is 2. The van der Waals surface area contributed by atoms with E-state index < -0.39 is 11.6 Å². The van der Waals surface area contributed by atoms with Crippen molar-refractivity contribution in [2.24, 2.45) is 0 Å². The molecule has 0 bridgehead atoms. The molecule has 2 rings (SSSR count). The Balaban J connectivity index is 2.34. The SMILES string of the molecule is CNC(Cc1ccc(F)cc1F)c1c(Br)cnn1C(C)C. The predicted molar refractivity (Wildman–Crippen MR) is 82.2 cm³/mol. The van der Waals surface area contributed by atoms with E-state index in [2.05, 4.69) is 26.3 Å². The van der Waals surface area contributed by atoms with Gasteiger partial charge in [-0.1, -0.05) is 6.07 Å². The fourth-order valence-electron chi connectivity index (χ4n) is 2.33. The molecule has 6 heteroatoms. The van der Waals surface area contributed by atoms with Gasteiger partial charge in [0.1, 0.15) is 11.6 Å². The fourth-order valence-corrected chi connectivity index (χ4v) is 2.88. The van der Waals surface area contributed by atoms with Crippen molar-refractivity contribution < 1.29 is 8.78 Å². The molecule has 0 radical (unpaired) electrons. The number of hydrogen-bond donors (Lipinski definition) is 1. The molecular formula is C15H18BrF2N3. The van der Waals surface area contributed by atoms with E-state index in [9.17, 15) is 8.78 Å². The molecule has 1 aromatic carbocycles. The summed E-state index contributed by atoms with van der Waals surface area (Å²) in [7, 11) is 1.82. The molecule has 1 aromatic heterocycles. The van der Waals surface area contributed by atoms with E-state index in [1.165, 1.54) is 12.1 Å². The lowest BCUT2D eigenvalue weighted by molar-refractivity contribution is 0.453. The van der Waals surface area contributed by atoms with Crippen molar-refractivity contribution in [2.45, 2.75) is 32.4 Å². The molecule has 0 aliphatic heterocycles. The monoisotopic (exact) mass is 357 g/mol. The summed E-state index contributed by atoms with van der Waals surface area (Å²) in [6.45, 7) is 4.07. The van der Waals surface area contributed by atoms with E-state index in [1.807, 2.05) is 25.6 Å². The van der Waals surface area contributed by atoms with Gasteiger partial charge in [0.05, 0.1) is 22.4 Å². The normalized spacial score (nSPS) is 12.9. The number of likely N-dealkylation sites (N-methyl/N-ethyl adjacent to an activating group) is 1. The quantitative estimate of drug-likeness (QED) is 0.875. The molecule has 0 spiro atoms. The van der Waals surface area contributed by atoms with Crippen molar-refractivity contribution in [1.82, 2.24) is 15.1 Å². The highest BCUT2D eigenvalue weighted by molar-refractivity contribution is 9.10. The number of nitrogens with one attached hydrogen (secondary N) is 1. The third-order valence-electron chi connectivity index (χ3n) is 3.39. The third-order valence-corrected chi connectivity index (χ3v) is 4.00. The van der Waals surface area contributed by atoms with Crippen LogP contribution in [0.4, 0.5) is 8.78 Å². The van der Waals surface area contributed by atoms with Crippen LogP contribution in [0.1, 0.15) is 37.2 Å². The van der Waals surface area contributed by atoms with Gasteiger partial charge in [0, 0.05) is 12.1 Å². The van der Waals surface area contributed by atoms with E-state index in [-0.39, 0.29) is 12.1 Å².